The minimum Gasteiger partial charge on any atom is -0.507 e. The zero-order valence-corrected chi connectivity index (χ0v) is 10.6. The molecule has 0 aromatic heterocycles. The van der Waals surface area contributed by atoms with Crippen molar-refractivity contribution in [2.75, 3.05) is 6.61 Å². The summed E-state index contributed by atoms with van der Waals surface area (Å²) in [4.78, 5) is 11.2. The van der Waals surface area contributed by atoms with Crippen molar-refractivity contribution in [3.63, 3.8) is 0 Å². The molecule has 0 aliphatic carbocycles. The number of esters is 1. The van der Waals surface area contributed by atoms with E-state index in [-0.39, 0.29) is 6.61 Å². The van der Waals surface area contributed by atoms with Gasteiger partial charge in [0.15, 0.2) is 0 Å². The number of alkyl halides is 6. The summed E-state index contributed by atoms with van der Waals surface area (Å²) in [7, 11) is 0. The minimum atomic E-state index is -5.19. The maximum Gasteiger partial charge on any atom is 0.419 e. The summed E-state index contributed by atoms with van der Waals surface area (Å²) in [6.07, 6.45) is -11.1. The van der Waals surface area contributed by atoms with Gasteiger partial charge >= 0.3 is 18.3 Å². The summed E-state index contributed by atoms with van der Waals surface area (Å²) < 4.78 is 80.3. The predicted octanol–water partition coefficient (Wildman–Crippen LogP) is 3.54. The van der Waals surface area contributed by atoms with Crippen molar-refractivity contribution in [3.05, 3.63) is 28.8 Å². The number of carbonyl (C=O) groups is 1. The fourth-order valence-corrected chi connectivity index (χ4v) is 1.61. The number of hydrogen-bond acceptors (Lipinski definition) is 3. The Morgan fingerprint density at radius 2 is 1.52 bits per heavy atom. The number of aromatic hydroxyl groups is 1. The van der Waals surface area contributed by atoms with E-state index in [0.717, 1.165) is 0 Å². The maximum absolute atomic E-state index is 12.6. The van der Waals surface area contributed by atoms with Crippen LogP contribution in [0.5, 0.6) is 5.75 Å². The van der Waals surface area contributed by atoms with E-state index >= 15 is 0 Å². The van der Waals surface area contributed by atoms with Gasteiger partial charge in [0.25, 0.3) is 0 Å². The highest BCUT2D eigenvalue weighted by atomic mass is 19.4. The molecular weight excluding hydrogens is 306 g/mol. The molecule has 0 saturated carbocycles. The van der Waals surface area contributed by atoms with Crippen molar-refractivity contribution in [3.8, 4) is 5.75 Å². The van der Waals surface area contributed by atoms with Gasteiger partial charge in [-0.3, -0.25) is 4.79 Å². The first-order chi connectivity index (χ1) is 9.46. The van der Waals surface area contributed by atoms with Gasteiger partial charge in [-0.15, -0.1) is 0 Å². The lowest BCUT2D eigenvalue weighted by molar-refractivity contribution is -0.146. The molecule has 9 heteroatoms. The Balaban J connectivity index is 3.37. The van der Waals surface area contributed by atoms with Crippen molar-refractivity contribution in [2.24, 2.45) is 0 Å². The first kappa shape index (κ1) is 17.1. The summed E-state index contributed by atoms with van der Waals surface area (Å²) in [5.74, 6) is -2.88. The second kappa shape index (κ2) is 5.82. The molecule has 3 nitrogen and oxygen atoms in total. The number of halogens is 6. The van der Waals surface area contributed by atoms with Crippen LogP contribution in [0.3, 0.4) is 0 Å². The average Bonchev–Trinajstić information content (AvgIpc) is 2.28. The van der Waals surface area contributed by atoms with Gasteiger partial charge in [0.05, 0.1) is 24.2 Å². The molecule has 0 bridgehead atoms. The van der Waals surface area contributed by atoms with Crippen LogP contribution in [0.15, 0.2) is 12.1 Å². The van der Waals surface area contributed by atoms with E-state index in [4.69, 9.17) is 5.11 Å². The summed E-state index contributed by atoms with van der Waals surface area (Å²) in [6.45, 7) is 1.38. The second-order valence-corrected chi connectivity index (χ2v) is 4.02. The number of phenolic OH excluding ortho intramolecular Hbond substituents is 1. The molecule has 0 fully saturated rings. The van der Waals surface area contributed by atoms with Gasteiger partial charge in [-0.25, -0.2) is 0 Å². The normalized spacial score (nSPS) is 12.3. The van der Waals surface area contributed by atoms with Gasteiger partial charge in [0.2, 0.25) is 0 Å². The number of carbonyl (C=O) groups excluding carboxylic acids is 1. The third-order valence-electron chi connectivity index (χ3n) is 2.43. The standard InChI is InChI=1S/C12H10F6O3/c1-2-21-9(19)5-6-3-7(11(13,14)15)10(20)8(4-6)12(16,17)18/h3-4,20H,2,5H2,1H3. The maximum atomic E-state index is 12.6. The molecule has 0 aliphatic rings. The molecule has 1 N–H and O–H groups in total. The molecule has 0 atom stereocenters. The molecule has 1 aromatic rings. The van der Waals surface area contributed by atoms with E-state index < -0.39 is 47.2 Å². The molecule has 0 spiro atoms. The Morgan fingerprint density at radius 1 is 1.10 bits per heavy atom. The molecule has 0 unspecified atom stereocenters. The summed E-state index contributed by atoms with van der Waals surface area (Å²) in [5.41, 5.74) is -4.25. The zero-order valence-electron chi connectivity index (χ0n) is 10.6. The molecule has 0 amide bonds. The van der Waals surface area contributed by atoms with E-state index in [1.807, 2.05) is 0 Å². The van der Waals surface area contributed by atoms with Crippen LogP contribution < -0.4 is 0 Å². The smallest absolute Gasteiger partial charge is 0.419 e. The van der Waals surface area contributed by atoms with Crippen molar-refractivity contribution < 1.29 is 41.0 Å². The topological polar surface area (TPSA) is 46.5 Å². The molecule has 0 aliphatic heterocycles. The van der Waals surface area contributed by atoms with Gasteiger partial charge in [0, 0.05) is 0 Å². The number of benzene rings is 1. The lowest BCUT2D eigenvalue weighted by Crippen LogP contribution is -2.15. The lowest BCUT2D eigenvalue weighted by atomic mass is 10.0. The zero-order chi connectivity index (χ0) is 16.4. The molecule has 1 rings (SSSR count). The van der Waals surface area contributed by atoms with Crippen molar-refractivity contribution in [2.45, 2.75) is 25.7 Å². The van der Waals surface area contributed by atoms with Crippen molar-refractivity contribution >= 4 is 5.97 Å². The highest BCUT2D eigenvalue weighted by Gasteiger charge is 2.41. The van der Waals surface area contributed by atoms with Crippen LogP contribution in [-0.4, -0.2) is 17.7 Å². The Morgan fingerprint density at radius 3 is 1.86 bits per heavy atom. The van der Waals surface area contributed by atoms with Crippen molar-refractivity contribution in [1.29, 1.82) is 0 Å². The molecule has 0 saturated heterocycles. The van der Waals surface area contributed by atoms with Gasteiger partial charge in [-0.05, 0) is 24.6 Å². The van der Waals surface area contributed by atoms with Crippen LogP contribution in [0.25, 0.3) is 0 Å². The van der Waals surface area contributed by atoms with Crippen LogP contribution in [0.4, 0.5) is 26.3 Å². The highest BCUT2D eigenvalue weighted by molar-refractivity contribution is 5.73. The predicted molar refractivity (Wildman–Crippen MR) is 58.4 cm³/mol. The Kier molecular flexibility index (Phi) is 4.75. The van der Waals surface area contributed by atoms with Crippen LogP contribution in [0.1, 0.15) is 23.6 Å². The number of hydrogen-bond donors (Lipinski definition) is 1. The molecule has 0 radical (unpaired) electrons. The largest absolute Gasteiger partial charge is 0.507 e. The minimum absolute atomic E-state index is 0.0603. The van der Waals surface area contributed by atoms with Crippen LogP contribution >= 0.6 is 0 Å². The SMILES string of the molecule is CCOC(=O)Cc1cc(C(F)(F)F)c(O)c(C(F)(F)F)c1. The van der Waals surface area contributed by atoms with Gasteiger partial charge in [-0.2, -0.15) is 26.3 Å². The monoisotopic (exact) mass is 316 g/mol. The average molecular weight is 316 g/mol. The Labute approximate surface area is 115 Å². The number of ether oxygens (including phenoxy) is 1. The molecule has 21 heavy (non-hydrogen) atoms. The lowest BCUT2D eigenvalue weighted by Gasteiger charge is -2.16. The number of phenols is 1. The van der Waals surface area contributed by atoms with E-state index in [2.05, 4.69) is 4.74 Å². The van der Waals surface area contributed by atoms with E-state index in [0.29, 0.717) is 12.1 Å². The van der Waals surface area contributed by atoms with E-state index in [1.54, 1.807) is 0 Å². The van der Waals surface area contributed by atoms with E-state index in [1.165, 1.54) is 6.92 Å². The van der Waals surface area contributed by atoms with Crippen LogP contribution in [-0.2, 0) is 28.3 Å². The van der Waals surface area contributed by atoms with Gasteiger partial charge in [0.1, 0.15) is 5.75 Å². The molecule has 0 heterocycles. The quantitative estimate of drug-likeness (QED) is 0.685. The number of rotatable bonds is 3. The van der Waals surface area contributed by atoms with Gasteiger partial charge < -0.3 is 9.84 Å². The molecule has 118 valence electrons. The third-order valence-corrected chi connectivity index (χ3v) is 2.43. The first-order valence-corrected chi connectivity index (χ1v) is 5.62. The van der Waals surface area contributed by atoms with Crippen LogP contribution in [0, 0.1) is 0 Å². The first-order valence-electron chi connectivity index (χ1n) is 5.62. The Bertz CT molecular complexity index is 498. The van der Waals surface area contributed by atoms with Gasteiger partial charge in [-0.1, -0.05) is 0 Å². The fourth-order valence-electron chi connectivity index (χ4n) is 1.61. The van der Waals surface area contributed by atoms with E-state index in [9.17, 15) is 31.1 Å². The Hall–Kier alpha value is -1.93. The second-order valence-electron chi connectivity index (χ2n) is 4.02. The summed E-state index contributed by atoms with van der Waals surface area (Å²) in [5, 5.41) is 9.17. The van der Waals surface area contributed by atoms with Crippen LogP contribution in [0.2, 0.25) is 0 Å². The molecular formula is C12H10F6O3. The molecule has 1 aromatic carbocycles. The third kappa shape index (κ3) is 4.27. The summed E-state index contributed by atoms with van der Waals surface area (Å²) in [6, 6.07) is 0.586. The van der Waals surface area contributed by atoms with Crippen molar-refractivity contribution in [1.82, 2.24) is 0 Å². The highest BCUT2D eigenvalue weighted by Crippen LogP contribution is 2.44. The fraction of sp³-hybridized carbons (Fsp3) is 0.417. The summed E-state index contributed by atoms with van der Waals surface area (Å²) >= 11 is 0.